The first-order valence-electron chi connectivity index (χ1n) is 5.47. The molecule has 0 aliphatic carbocycles. The first-order chi connectivity index (χ1) is 6.61. The molecule has 0 unspecified atom stereocenters. The van der Waals surface area contributed by atoms with Crippen molar-refractivity contribution >= 4 is 25.3 Å². The molecule has 1 rings (SSSR count). The summed E-state index contributed by atoms with van der Waals surface area (Å²) in [6, 6.07) is 0. The number of hydrogen-bond acceptors (Lipinski definition) is 2. The molecule has 1 fully saturated rings. The van der Waals surface area contributed by atoms with E-state index in [2.05, 4.69) is 20.8 Å². The standard InChI is InChI=1S/C10H19GeNO2/c1-4-11(5-2,6-3)12-9(13)7-8-10(12)14/h4-8H2,1-3H3. The Morgan fingerprint density at radius 1 is 1.00 bits per heavy atom. The predicted octanol–water partition coefficient (Wildman–Crippen LogP) is 2.14. The van der Waals surface area contributed by atoms with Crippen molar-refractivity contribution in [2.75, 3.05) is 0 Å². The second-order valence-electron chi connectivity index (χ2n) is 3.91. The van der Waals surface area contributed by atoms with Gasteiger partial charge < -0.3 is 0 Å². The van der Waals surface area contributed by atoms with Gasteiger partial charge in [0.05, 0.1) is 0 Å². The summed E-state index contributed by atoms with van der Waals surface area (Å²) in [7, 11) is 0. The van der Waals surface area contributed by atoms with E-state index in [1.807, 2.05) is 0 Å². The van der Waals surface area contributed by atoms with E-state index in [1.54, 1.807) is 3.86 Å². The third kappa shape index (κ3) is 1.74. The van der Waals surface area contributed by atoms with Crippen LogP contribution in [0.2, 0.25) is 15.8 Å². The molecule has 0 aromatic heterocycles. The molecule has 0 bridgehead atoms. The second kappa shape index (κ2) is 4.47. The van der Waals surface area contributed by atoms with Crippen LogP contribution in [0.5, 0.6) is 0 Å². The molecule has 80 valence electrons. The van der Waals surface area contributed by atoms with Crippen LogP contribution in [0.15, 0.2) is 0 Å². The summed E-state index contributed by atoms with van der Waals surface area (Å²) in [6.07, 6.45) is 0.900. The fourth-order valence-corrected chi connectivity index (χ4v) is 10.2. The number of imide groups is 1. The van der Waals surface area contributed by atoms with E-state index in [1.165, 1.54) is 0 Å². The summed E-state index contributed by atoms with van der Waals surface area (Å²) in [5.74, 6) is 0.195. The maximum atomic E-state index is 11.7. The van der Waals surface area contributed by atoms with Crippen molar-refractivity contribution in [2.24, 2.45) is 0 Å². The second-order valence-corrected chi connectivity index (χ2v) is 14.4. The molecular weight excluding hydrogens is 239 g/mol. The quantitative estimate of drug-likeness (QED) is 0.572. The van der Waals surface area contributed by atoms with Gasteiger partial charge in [-0.25, -0.2) is 0 Å². The predicted molar refractivity (Wildman–Crippen MR) is 58.3 cm³/mol. The van der Waals surface area contributed by atoms with Crippen LogP contribution in [-0.2, 0) is 9.59 Å². The zero-order valence-electron chi connectivity index (χ0n) is 9.30. The minimum atomic E-state index is -2.32. The molecule has 2 amide bonds. The Morgan fingerprint density at radius 3 is 1.64 bits per heavy atom. The monoisotopic (exact) mass is 259 g/mol. The molecular formula is C10H19GeNO2. The zero-order chi connectivity index (χ0) is 10.8. The fourth-order valence-electron chi connectivity index (χ4n) is 2.33. The molecule has 3 nitrogen and oxygen atoms in total. The Morgan fingerprint density at radius 2 is 1.36 bits per heavy atom. The van der Waals surface area contributed by atoms with Crippen molar-refractivity contribution < 1.29 is 9.59 Å². The van der Waals surface area contributed by atoms with Crippen molar-refractivity contribution in [3.8, 4) is 0 Å². The van der Waals surface area contributed by atoms with Crippen molar-refractivity contribution in [2.45, 2.75) is 49.4 Å². The van der Waals surface area contributed by atoms with Gasteiger partial charge in [0.15, 0.2) is 0 Å². The van der Waals surface area contributed by atoms with Gasteiger partial charge in [-0.3, -0.25) is 0 Å². The van der Waals surface area contributed by atoms with Gasteiger partial charge in [-0.2, -0.15) is 0 Å². The van der Waals surface area contributed by atoms with Gasteiger partial charge in [0.25, 0.3) is 0 Å². The molecule has 1 aliphatic heterocycles. The first-order valence-corrected chi connectivity index (χ1v) is 10.9. The number of carbonyl (C=O) groups excluding carboxylic acids is 2. The third-order valence-electron chi connectivity index (χ3n) is 3.50. The van der Waals surface area contributed by atoms with Crippen molar-refractivity contribution in [3.63, 3.8) is 0 Å². The molecule has 0 aromatic carbocycles. The van der Waals surface area contributed by atoms with E-state index >= 15 is 0 Å². The first kappa shape index (κ1) is 11.8. The summed E-state index contributed by atoms with van der Waals surface area (Å²) in [4.78, 5) is 23.3. The zero-order valence-corrected chi connectivity index (χ0v) is 11.4. The van der Waals surface area contributed by atoms with Crippen LogP contribution in [0.1, 0.15) is 33.6 Å². The summed E-state index contributed by atoms with van der Waals surface area (Å²) in [5, 5.41) is 3.14. The molecule has 0 N–H and O–H groups in total. The summed E-state index contributed by atoms with van der Waals surface area (Å²) >= 11 is -2.32. The number of hydrogen-bond donors (Lipinski definition) is 0. The molecule has 1 saturated heterocycles. The van der Waals surface area contributed by atoms with Crippen molar-refractivity contribution in [3.05, 3.63) is 0 Å². The van der Waals surface area contributed by atoms with Gasteiger partial charge in [-0.05, 0) is 0 Å². The van der Waals surface area contributed by atoms with Crippen LogP contribution < -0.4 is 0 Å². The minimum absolute atomic E-state index is 0.0977. The van der Waals surface area contributed by atoms with E-state index in [0.29, 0.717) is 12.8 Å². The van der Waals surface area contributed by atoms with E-state index in [9.17, 15) is 9.59 Å². The van der Waals surface area contributed by atoms with Gasteiger partial charge in [0, 0.05) is 0 Å². The van der Waals surface area contributed by atoms with Gasteiger partial charge in [0.2, 0.25) is 0 Å². The number of rotatable bonds is 4. The van der Waals surface area contributed by atoms with Crippen molar-refractivity contribution in [1.29, 1.82) is 0 Å². The Labute approximate surface area is 88.4 Å². The average Bonchev–Trinajstić information content (AvgIpc) is 2.53. The van der Waals surface area contributed by atoms with Crippen LogP contribution >= 0.6 is 0 Å². The molecule has 4 heteroatoms. The SMILES string of the molecule is C[CH2][Ge]([CH2]C)([CH2]C)[N]1C(=O)CCC1=O. The molecule has 0 atom stereocenters. The summed E-state index contributed by atoms with van der Waals surface area (Å²) in [5.41, 5.74) is 0. The number of carbonyl (C=O) groups is 2. The van der Waals surface area contributed by atoms with Gasteiger partial charge >= 0.3 is 88.1 Å². The molecule has 14 heavy (non-hydrogen) atoms. The summed E-state index contributed by atoms with van der Waals surface area (Å²) in [6.45, 7) is 6.39. The van der Waals surface area contributed by atoms with E-state index in [0.717, 1.165) is 15.8 Å². The maximum absolute atomic E-state index is 11.7. The Kier molecular flexibility index (Phi) is 3.75. The van der Waals surface area contributed by atoms with E-state index in [-0.39, 0.29) is 11.8 Å². The van der Waals surface area contributed by atoms with Gasteiger partial charge in [-0.1, -0.05) is 0 Å². The average molecular weight is 258 g/mol. The van der Waals surface area contributed by atoms with Crippen LogP contribution in [0.3, 0.4) is 0 Å². The topological polar surface area (TPSA) is 37.4 Å². The van der Waals surface area contributed by atoms with Crippen LogP contribution in [0.25, 0.3) is 0 Å². The van der Waals surface area contributed by atoms with Gasteiger partial charge in [0.1, 0.15) is 0 Å². The van der Waals surface area contributed by atoms with Crippen LogP contribution in [0, 0.1) is 0 Å². The number of nitrogens with zero attached hydrogens (tertiary/aromatic N) is 1. The Balaban J connectivity index is 2.97. The van der Waals surface area contributed by atoms with Crippen LogP contribution in [0.4, 0.5) is 0 Å². The fraction of sp³-hybridized carbons (Fsp3) is 0.800. The Hall–Kier alpha value is -0.317. The van der Waals surface area contributed by atoms with Crippen LogP contribution in [-0.4, -0.2) is 29.2 Å². The third-order valence-corrected chi connectivity index (χ3v) is 14.8. The molecule has 1 aliphatic rings. The molecule has 0 radical (unpaired) electrons. The van der Waals surface area contributed by atoms with Crippen molar-refractivity contribution in [1.82, 2.24) is 3.86 Å². The van der Waals surface area contributed by atoms with Gasteiger partial charge in [-0.15, -0.1) is 0 Å². The van der Waals surface area contributed by atoms with E-state index < -0.39 is 13.5 Å². The molecule has 0 spiro atoms. The van der Waals surface area contributed by atoms with E-state index in [4.69, 9.17) is 0 Å². The summed E-state index contributed by atoms with van der Waals surface area (Å²) < 4.78 is 1.71. The normalized spacial score (nSPS) is 18.1. The Bertz CT molecular complexity index is 224. The number of amides is 2. The molecule has 0 saturated carbocycles. The molecule has 0 aromatic rings. The molecule has 1 heterocycles.